The van der Waals surface area contributed by atoms with Crippen molar-refractivity contribution in [1.29, 1.82) is 0 Å². The van der Waals surface area contributed by atoms with Crippen LogP contribution in [0.1, 0.15) is 37.9 Å². The number of hydrogen-bond acceptors (Lipinski definition) is 3. The van der Waals surface area contributed by atoms with Crippen LogP contribution in [0.4, 0.5) is 4.79 Å². The van der Waals surface area contributed by atoms with Crippen LogP contribution in [0.3, 0.4) is 0 Å². The van der Waals surface area contributed by atoms with Crippen LogP contribution >= 0.6 is 11.6 Å². The van der Waals surface area contributed by atoms with Crippen LogP contribution in [-0.4, -0.2) is 22.8 Å². The van der Waals surface area contributed by atoms with Crippen molar-refractivity contribution >= 4 is 23.7 Å². The lowest BCUT2D eigenvalue weighted by Crippen LogP contribution is -2.38. The Morgan fingerprint density at radius 1 is 1.35 bits per heavy atom. The summed E-state index contributed by atoms with van der Waals surface area (Å²) in [5.41, 5.74) is 0.481. The first-order chi connectivity index (χ1) is 9.10. The van der Waals surface area contributed by atoms with E-state index in [1.807, 2.05) is 0 Å². The summed E-state index contributed by atoms with van der Waals surface area (Å²) in [6, 6.07) is 3.60. The molecule has 0 fully saturated rings. The molecule has 110 valence electrons. The van der Waals surface area contributed by atoms with Crippen LogP contribution in [0.15, 0.2) is 18.2 Å². The van der Waals surface area contributed by atoms with E-state index in [1.165, 1.54) is 0 Å². The van der Waals surface area contributed by atoms with Crippen molar-refractivity contribution in [3.8, 4) is 0 Å². The van der Waals surface area contributed by atoms with Crippen LogP contribution in [0, 0.1) is 6.92 Å². The molecule has 0 aliphatic carbocycles. The number of carbonyl (C=O) groups is 2. The monoisotopic (exact) mass is 299 g/mol. The fourth-order valence-corrected chi connectivity index (χ4v) is 1.68. The zero-order chi connectivity index (χ0) is 15.5. The Hall–Kier alpha value is -1.75. The van der Waals surface area contributed by atoms with Gasteiger partial charge in [0.05, 0.1) is 0 Å². The van der Waals surface area contributed by atoms with Gasteiger partial charge in [-0.05, 0) is 44.9 Å². The number of rotatable bonds is 3. The molecule has 1 aromatic carbocycles. The van der Waals surface area contributed by atoms with Gasteiger partial charge in [0.1, 0.15) is 5.60 Å². The van der Waals surface area contributed by atoms with Gasteiger partial charge >= 0.3 is 12.1 Å². The number of carboxylic acids is 1. The maximum atomic E-state index is 11.7. The number of amides is 1. The van der Waals surface area contributed by atoms with Crippen molar-refractivity contribution in [3.63, 3.8) is 0 Å². The molecule has 0 saturated carbocycles. The number of alkyl carbamates (subject to hydrolysis) is 1. The van der Waals surface area contributed by atoms with Crippen molar-refractivity contribution in [2.24, 2.45) is 0 Å². The lowest BCUT2D eigenvalue weighted by atomic mass is 10.0. The summed E-state index contributed by atoms with van der Waals surface area (Å²) in [5, 5.41) is 12.1. The van der Waals surface area contributed by atoms with Crippen molar-refractivity contribution in [2.75, 3.05) is 0 Å². The van der Waals surface area contributed by atoms with Crippen LogP contribution < -0.4 is 5.32 Å². The molecule has 0 aliphatic rings. The van der Waals surface area contributed by atoms with Crippen LogP contribution in [-0.2, 0) is 9.53 Å². The van der Waals surface area contributed by atoms with E-state index in [-0.39, 0.29) is 0 Å². The lowest BCUT2D eigenvalue weighted by molar-refractivity contribution is -0.139. The Morgan fingerprint density at radius 2 is 1.95 bits per heavy atom. The highest BCUT2D eigenvalue weighted by atomic mass is 35.5. The fraction of sp³-hybridized carbons (Fsp3) is 0.429. The number of carboxylic acid groups (broad SMARTS) is 1. The molecule has 0 bridgehead atoms. The van der Waals surface area contributed by atoms with Crippen molar-refractivity contribution in [3.05, 3.63) is 34.3 Å². The van der Waals surface area contributed by atoms with Crippen LogP contribution in [0.5, 0.6) is 0 Å². The quantitative estimate of drug-likeness (QED) is 0.898. The summed E-state index contributed by atoms with van der Waals surface area (Å²) in [6.45, 7) is 6.87. The highest BCUT2D eigenvalue weighted by molar-refractivity contribution is 6.31. The van der Waals surface area contributed by atoms with E-state index in [0.29, 0.717) is 10.6 Å². The van der Waals surface area contributed by atoms with Gasteiger partial charge in [-0.1, -0.05) is 23.7 Å². The molecule has 0 aliphatic heterocycles. The Bertz CT molecular complexity index is 522. The Morgan fingerprint density at radius 3 is 2.40 bits per heavy atom. The van der Waals surface area contributed by atoms with E-state index in [4.69, 9.17) is 16.3 Å². The molecule has 0 heterocycles. The molecule has 20 heavy (non-hydrogen) atoms. The molecule has 0 saturated heterocycles. The normalized spacial score (nSPS) is 12.7. The van der Waals surface area contributed by atoms with Gasteiger partial charge in [0.25, 0.3) is 0 Å². The Labute approximate surface area is 122 Å². The van der Waals surface area contributed by atoms with Crippen molar-refractivity contribution in [2.45, 2.75) is 39.3 Å². The first-order valence-corrected chi connectivity index (χ1v) is 6.46. The van der Waals surface area contributed by atoms with Crippen molar-refractivity contribution < 1.29 is 19.4 Å². The van der Waals surface area contributed by atoms with Crippen molar-refractivity contribution in [1.82, 2.24) is 5.32 Å². The van der Waals surface area contributed by atoms with Crippen LogP contribution in [0.2, 0.25) is 5.02 Å². The number of nitrogens with one attached hydrogen (secondary N) is 1. The molecular weight excluding hydrogens is 282 g/mol. The summed E-state index contributed by atoms with van der Waals surface area (Å²) in [6.07, 6.45) is -0.780. The number of aliphatic carboxylic acids is 1. The van der Waals surface area contributed by atoms with E-state index < -0.39 is 23.7 Å². The maximum Gasteiger partial charge on any atom is 0.408 e. The molecule has 1 aromatic rings. The third-order valence-corrected chi connectivity index (χ3v) is 2.85. The molecule has 0 spiro atoms. The maximum absolute atomic E-state index is 11.7. The standard InChI is InChI=1S/C14H18ClNO4/c1-8-7-9(5-6-10(8)15)11(12(17)18)16-13(19)20-14(2,3)4/h5-7,11H,1-4H3,(H,16,19)(H,17,18)/t11-/m1/s1. The summed E-state index contributed by atoms with van der Waals surface area (Å²) >= 11 is 5.90. The first-order valence-electron chi connectivity index (χ1n) is 6.08. The third-order valence-electron chi connectivity index (χ3n) is 2.42. The highest BCUT2D eigenvalue weighted by Gasteiger charge is 2.25. The van der Waals surface area contributed by atoms with E-state index in [1.54, 1.807) is 45.9 Å². The predicted octanol–water partition coefficient (Wildman–Crippen LogP) is 3.30. The SMILES string of the molecule is Cc1cc([C@@H](NC(=O)OC(C)(C)C)C(=O)O)ccc1Cl. The van der Waals surface area contributed by atoms with E-state index in [0.717, 1.165) is 5.56 Å². The molecule has 1 atom stereocenters. The van der Waals surface area contributed by atoms with Gasteiger partial charge in [-0.3, -0.25) is 0 Å². The lowest BCUT2D eigenvalue weighted by Gasteiger charge is -2.22. The molecule has 1 amide bonds. The minimum atomic E-state index is -1.18. The number of ether oxygens (including phenoxy) is 1. The van der Waals surface area contributed by atoms with Gasteiger partial charge in [0.2, 0.25) is 0 Å². The van der Waals surface area contributed by atoms with Gasteiger partial charge < -0.3 is 15.2 Å². The fourth-order valence-electron chi connectivity index (χ4n) is 1.56. The number of carbonyl (C=O) groups excluding carboxylic acids is 1. The highest BCUT2D eigenvalue weighted by Crippen LogP contribution is 2.21. The summed E-state index contributed by atoms with van der Waals surface area (Å²) in [4.78, 5) is 23.0. The largest absolute Gasteiger partial charge is 0.479 e. The Balaban J connectivity index is 2.92. The molecule has 6 heteroatoms. The minimum Gasteiger partial charge on any atom is -0.479 e. The molecule has 1 rings (SSSR count). The summed E-state index contributed by atoms with van der Waals surface area (Å²) in [7, 11) is 0. The second-order valence-corrected chi connectivity index (χ2v) is 5.83. The molecule has 0 aromatic heterocycles. The third kappa shape index (κ3) is 4.74. The predicted molar refractivity (Wildman–Crippen MR) is 75.9 cm³/mol. The topological polar surface area (TPSA) is 75.6 Å². The smallest absolute Gasteiger partial charge is 0.408 e. The number of benzene rings is 1. The second-order valence-electron chi connectivity index (χ2n) is 5.43. The summed E-state index contributed by atoms with van der Waals surface area (Å²) < 4.78 is 5.05. The number of aryl methyl sites for hydroxylation is 1. The zero-order valence-corrected chi connectivity index (χ0v) is 12.6. The second kappa shape index (κ2) is 6.13. The average Bonchev–Trinajstić information content (AvgIpc) is 2.27. The van der Waals surface area contributed by atoms with Gasteiger partial charge in [0.15, 0.2) is 6.04 Å². The molecular formula is C14H18ClNO4. The molecule has 5 nitrogen and oxygen atoms in total. The Kier molecular flexibility index (Phi) is 5.00. The van der Waals surface area contributed by atoms with Gasteiger partial charge in [-0.2, -0.15) is 0 Å². The van der Waals surface area contributed by atoms with Gasteiger partial charge in [-0.25, -0.2) is 9.59 Å². The van der Waals surface area contributed by atoms with E-state index >= 15 is 0 Å². The van der Waals surface area contributed by atoms with E-state index in [2.05, 4.69) is 5.32 Å². The molecule has 0 radical (unpaired) electrons. The minimum absolute atomic E-state index is 0.435. The number of hydrogen-bond donors (Lipinski definition) is 2. The summed E-state index contributed by atoms with van der Waals surface area (Å²) in [5.74, 6) is -1.17. The average molecular weight is 300 g/mol. The molecule has 0 unspecified atom stereocenters. The van der Waals surface area contributed by atoms with Crippen LogP contribution in [0.25, 0.3) is 0 Å². The number of halogens is 1. The van der Waals surface area contributed by atoms with Gasteiger partial charge in [-0.15, -0.1) is 0 Å². The van der Waals surface area contributed by atoms with Gasteiger partial charge in [0, 0.05) is 5.02 Å². The van der Waals surface area contributed by atoms with E-state index in [9.17, 15) is 14.7 Å². The first kappa shape index (κ1) is 16.3. The zero-order valence-electron chi connectivity index (χ0n) is 11.9. The molecule has 2 N–H and O–H groups in total.